The molecule has 1 aliphatic heterocycles. The molecule has 0 atom stereocenters. The van der Waals surface area contributed by atoms with E-state index < -0.39 is 23.5 Å². The molecule has 0 bridgehead atoms. The summed E-state index contributed by atoms with van der Waals surface area (Å²) in [6.45, 7) is 2.89. The van der Waals surface area contributed by atoms with Crippen molar-refractivity contribution in [1.29, 1.82) is 0 Å². The van der Waals surface area contributed by atoms with Gasteiger partial charge in [-0.25, -0.2) is 14.0 Å². The Morgan fingerprint density at radius 3 is 2.41 bits per heavy atom. The van der Waals surface area contributed by atoms with Crippen molar-refractivity contribution >= 4 is 33.6 Å². The molecule has 1 N–H and O–H groups in total. The van der Waals surface area contributed by atoms with Gasteiger partial charge in [0.1, 0.15) is 0 Å². The molecule has 0 radical (unpaired) electrons. The minimum absolute atomic E-state index is 0.0586. The molecule has 1 aromatic carbocycles. The number of halogens is 2. The fraction of sp³-hybridized carbons (Fsp3) is 0.286. The van der Waals surface area contributed by atoms with Crippen LogP contribution in [-0.4, -0.2) is 24.8 Å². The molecule has 1 saturated heterocycles. The third kappa shape index (κ3) is 3.38. The fourth-order valence-electron chi connectivity index (χ4n) is 1.72. The van der Waals surface area contributed by atoms with E-state index in [1.54, 1.807) is 0 Å². The maximum atomic E-state index is 13.7. The molecule has 8 heteroatoms. The lowest BCUT2D eigenvalue weighted by molar-refractivity contribution is -0.222. The molecular weight excluding hydrogens is 361 g/mol. The van der Waals surface area contributed by atoms with Gasteiger partial charge >= 0.3 is 11.9 Å². The number of ether oxygens (including phenoxy) is 3. The topological polar surface area (TPSA) is 73.9 Å². The smallest absolute Gasteiger partial charge is 0.350 e. The van der Waals surface area contributed by atoms with Gasteiger partial charge in [-0.05, 0) is 22.0 Å². The predicted octanol–water partition coefficient (Wildman–Crippen LogP) is 2.73. The molecule has 0 aliphatic carbocycles. The van der Waals surface area contributed by atoms with E-state index >= 15 is 0 Å². The highest BCUT2D eigenvalue weighted by Gasteiger charge is 2.38. The van der Waals surface area contributed by atoms with Crippen molar-refractivity contribution in [3.05, 3.63) is 34.2 Å². The van der Waals surface area contributed by atoms with Crippen LogP contribution in [0, 0.1) is 5.82 Å². The Kier molecular flexibility index (Phi) is 4.41. The number of carbonyl (C=O) groups excluding carboxylic acids is 2. The van der Waals surface area contributed by atoms with Crippen LogP contribution >= 0.6 is 15.9 Å². The second kappa shape index (κ2) is 5.96. The van der Waals surface area contributed by atoms with Crippen molar-refractivity contribution in [3.63, 3.8) is 0 Å². The maximum Gasteiger partial charge on any atom is 0.350 e. The van der Waals surface area contributed by atoms with Crippen LogP contribution in [0.15, 0.2) is 28.4 Å². The van der Waals surface area contributed by atoms with Gasteiger partial charge in [0.05, 0.1) is 12.8 Å². The molecule has 0 saturated carbocycles. The average molecular weight is 374 g/mol. The van der Waals surface area contributed by atoms with Gasteiger partial charge < -0.3 is 19.5 Å². The van der Waals surface area contributed by atoms with Gasteiger partial charge in [0.25, 0.3) is 5.79 Å². The fourth-order valence-corrected chi connectivity index (χ4v) is 2.16. The SMILES string of the molecule is COc1cc(Br)c(NC=C2C(=O)OC(C)(C)OC2=O)cc1F. The van der Waals surface area contributed by atoms with Crippen molar-refractivity contribution in [1.82, 2.24) is 0 Å². The highest BCUT2D eigenvalue weighted by molar-refractivity contribution is 9.10. The van der Waals surface area contributed by atoms with Crippen LogP contribution in [0.1, 0.15) is 13.8 Å². The van der Waals surface area contributed by atoms with Crippen LogP contribution in [0.4, 0.5) is 10.1 Å². The maximum absolute atomic E-state index is 13.7. The molecule has 22 heavy (non-hydrogen) atoms. The van der Waals surface area contributed by atoms with Crippen LogP contribution < -0.4 is 10.1 Å². The third-order valence-corrected chi connectivity index (χ3v) is 3.39. The van der Waals surface area contributed by atoms with Gasteiger partial charge in [0.15, 0.2) is 17.1 Å². The molecule has 0 aromatic heterocycles. The first-order valence-electron chi connectivity index (χ1n) is 6.20. The summed E-state index contributed by atoms with van der Waals surface area (Å²) >= 11 is 3.22. The Labute approximate surface area is 134 Å². The van der Waals surface area contributed by atoms with E-state index in [0.29, 0.717) is 10.2 Å². The summed E-state index contributed by atoms with van der Waals surface area (Å²) < 4.78 is 28.9. The zero-order valence-electron chi connectivity index (χ0n) is 12.0. The number of nitrogens with one attached hydrogen (secondary N) is 1. The third-order valence-electron chi connectivity index (χ3n) is 2.73. The van der Waals surface area contributed by atoms with E-state index in [4.69, 9.17) is 14.2 Å². The number of benzene rings is 1. The molecule has 1 heterocycles. The lowest BCUT2D eigenvalue weighted by Crippen LogP contribution is -2.42. The Balaban J connectivity index is 2.24. The van der Waals surface area contributed by atoms with Crippen molar-refractivity contribution in [2.45, 2.75) is 19.6 Å². The van der Waals surface area contributed by atoms with E-state index in [9.17, 15) is 14.0 Å². The van der Waals surface area contributed by atoms with E-state index in [0.717, 1.165) is 12.3 Å². The number of anilines is 1. The van der Waals surface area contributed by atoms with E-state index in [2.05, 4.69) is 21.2 Å². The number of esters is 2. The first-order chi connectivity index (χ1) is 10.2. The highest BCUT2D eigenvalue weighted by atomic mass is 79.9. The number of hydrogen-bond acceptors (Lipinski definition) is 6. The Bertz CT molecular complexity index is 649. The summed E-state index contributed by atoms with van der Waals surface area (Å²) in [4.78, 5) is 23.5. The van der Waals surface area contributed by atoms with Crippen molar-refractivity contribution in [3.8, 4) is 5.75 Å². The van der Waals surface area contributed by atoms with Gasteiger partial charge in [-0.15, -0.1) is 0 Å². The van der Waals surface area contributed by atoms with Crippen LogP contribution in [0.3, 0.4) is 0 Å². The van der Waals surface area contributed by atoms with Crippen molar-refractivity contribution < 1.29 is 28.2 Å². The lowest BCUT2D eigenvalue weighted by atomic mass is 10.2. The number of cyclic esters (lactones) is 2. The normalized spacial score (nSPS) is 16.7. The molecule has 0 unspecified atom stereocenters. The number of hydrogen-bond donors (Lipinski definition) is 1. The van der Waals surface area contributed by atoms with Gasteiger partial charge in [0.2, 0.25) is 0 Å². The molecule has 1 aliphatic rings. The largest absolute Gasteiger partial charge is 0.494 e. The minimum Gasteiger partial charge on any atom is -0.494 e. The monoisotopic (exact) mass is 373 g/mol. The van der Waals surface area contributed by atoms with Crippen LogP contribution in [0.2, 0.25) is 0 Å². The lowest BCUT2D eigenvalue weighted by Gasteiger charge is -2.29. The Hall–Kier alpha value is -2.09. The molecule has 6 nitrogen and oxygen atoms in total. The van der Waals surface area contributed by atoms with E-state index in [1.165, 1.54) is 27.0 Å². The van der Waals surface area contributed by atoms with Gasteiger partial charge in [-0.1, -0.05) is 0 Å². The Morgan fingerprint density at radius 2 is 1.86 bits per heavy atom. The van der Waals surface area contributed by atoms with Gasteiger partial charge in [-0.3, -0.25) is 0 Å². The minimum atomic E-state index is -1.31. The zero-order valence-corrected chi connectivity index (χ0v) is 13.6. The highest BCUT2D eigenvalue weighted by Crippen LogP contribution is 2.30. The number of carbonyl (C=O) groups is 2. The quantitative estimate of drug-likeness (QED) is 0.498. The first kappa shape index (κ1) is 16.3. The molecular formula is C14H13BrFNO5. The average Bonchev–Trinajstić information content (AvgIpc) is 2.39. The molecule has 1 fully saturated rings. The second-order valence-corrected chi connectivity index (χ2v) is 5.70. The van der Waals surface area contributed by atoms with Crippen LogP contribution in [-0.2, 0) is 19.1 Å². The van der Waals surface area contributed by atoms with E-state index in [-0.39, 0.29) is 11.3 Å². The number of methoxy groups -OCH3 is 1. The molecule has 0 amide bonds. The van der Waals surface area contributed by atoms with E-state index in [1.807, 2.05) is 0 Å². The predicted molar refractivity (Wildman–Crippen MR) is 78.6 cm³/mol. The zero-order chi connectivity index (χ0) is 16.5. The Morgan fingerprint density at radius 1 is 1.27 bits per heavy atom. The number of rotatable bonds is 3. The first-order valence-corrected chi connectivity index (χ1v) is 6.99. The van der Waals surface area contributed by atoms with Crippen LogP contribution in [0.5, 0.6) is 5.75 Å². The van der Waals surface area contributed by atoms with Gasteiger partial charge in [0, 0.05) is 30.6 Å². The molecule has 0 spiro atoms. The molecule has 2 rings (SSSR count). The van der Waals surface area contributed by atoms with Gasteiger partial charge in [-0.2, -0.15) is 0 Å². The molecule has 1 aromatic rings. The standard InChI is InChI=1S/C14H13BrFNO5/c1-14(2)21-12(18)7(13(19)22-14)6-17-10-5-9(16)11(20-3)4-8(10)15/h4-6,17H,1-3H3. The summed E-state index contributed by atoms with van der Waals surface area (Å²) in [7, 11) is 1.34. The summed E-state index contributed by atoms with van der Waals surface area (Å²) in [5, 5.41) is 2.66. The molecule has 118 valence electrons. The van der Waals surface area contributed by atoms with Crippen LogP contribution in [0.25, 0.3) is 0 Å². The van der Waals surface area contributed by atoms with Crippen molar-refractivity contribution in [2.75, 3.05) is 12.4 Å². The summed E-state index contributed by atoms with van der Waals surface area (Å²) in [5.41, 5.74) is -0.0151. The van der Waals surface area contributed by atoms with Crippen molar-refractivity contribution in [2.24, 2.45) is 0 Å². The summed E-state index contributed by atoms with van der Waals surface area (Å²) in [6, 6.07) is 2.57. The second-order valence-electron chi connectivity index (χ2n) is 4.85. The summed E-state index contributed by atoms with van der Waals surface area (Å²) in [5.74, 6) is -3.49. The summed E-state index contributed by atoms with van der Waals surface area (Å²) in [6.07, 6.45) is 1.10.